The summed E-state index contributed by atoms with van der Waals surface area (Å²) in [5.74, 6) is 1.55. The number of ether oxygens (including phenoxy) is 1. The molecule has 2 rings (SSSR count). The minimum absolute atomic E-state index is 0. The van der Waals surface area contributed by atoms with Crippen molar-refractivity contribution in [2.24, 2.45) is 0 Å². The van der Waals surface area contributed by atoms with Gasteiger partial charge in [-0.25, -0.2) is 0 Å². The zero-order valence-corrected chi connectivity index (χ0v) is 9.42. The first-order chi connectivity index (χ1) is 6.77. The van der Waals surface area contributed by atoms with E-state index in [1.165, 1.54) is 5.56 Å². The first-order valence-corrected chi connectivity index (χ1v) is 5.28. The molecule has 1 aromatic carbocycles. The quantitative estimate of drug-likeness (QED) is 0.735. The van der Waals surface area contributed by atoms with E-state index in [9.17, 15) is 0 Å². The number of fused-ring (bicyclic) bond motifs is 1. The molecule has 0 saturated carbocycles. The van der Waals surface area contributed by atoms with Crippen LogP contribution in [0.3, 0.4) is 0 Å². The molecule has 14 heavy (non-hydrogen) atoms. The van der Waals surface area contributed by atoms with Gasteiger partial charge in [0.05, 0.1) is 5.69 Å². The van der Waals surface area contributed by atoms with E-state index in [0.29, 0.717) is 12.6 Å². The monoisotopic (exact) mass is 195 g/mol. The van der Waals surface area contributed by atoms with E-state index in [1.54, 1.807) is 0 Å². The van der Waals surface area contributed by atoms with Crippen LogP contribution < -0.4 is 10.1 Å². The van der Waals surface area contributed by atoms with Crippen molar-refractivity contribution >= 4 is 5.69 Å². The molecule has 1 N–H and O–H groups in total. The number of nitrogens with one attached hydrogen (secondary N) is 1. The van der Waals surface area contributed by atoms with Crippen molar-refractivity contribution in [2.45, 2.75) is 33.6 Å². The van der Waals surface area contributed by atoms with Crippen molar-refractivity contribution in [3.8, 4) is 5.75 Å². The molecular weight excluding hydrogens is 174 g/mol. The van der Waals surface area contributed by atoms with E-state index < -0.39 is 0 Å². The molecule has 80 valence electrons. The maximum Gasteiger partial charge on any atom is 0.159 e. The Morgan fingerprint density at radius 2 is 2.07 bits per heavy atom. The molecule has 0 saturated heterocycles. The summed E-state index contributed by atoms with van der Waals surface area (Å²) in [6, 6.07) is 6.31. The maximum atomic E-state index is 5.32. The highest BCUT2D eigenvalue weighted by molar-refractivity contribution is 5.60. The molecule has 1 aromatic rings. The molecule has 0 amide bonds. The minimum atomic E-state index is 0. The zero-order valence-electron chi connectivity index (χ0n) is 9.42. The summed E-state index contributed by atoms with van der Waals surface area (Å²) in [6.45, 7) is 8.99. The van der Waals surface area contributed by atoms with Crippen molar-refractivity contribution in [3.05, 3.63) is 23.8 Å². The summed E-state index contributed by atoms with van der Waals surface area (Å²) in [7, 11) is 0. The molecule has 2 heteroatoms. The Morgan fingerprint density at radius 1 is 1.36 bits per heavy atom. The highest BCUT2D eigenvalue weighted by Gasteiger charge is 2.11. The number of hydrogen-bond acceptors (Lipinski definition) is 2. The predicted molar refractivity (Wildman–Crippen MR) is 63.1 cm³/mol. The lowest BCUT2D eigenvalue weighted by Crippen LogP contribution is -1.96. The largest absolute Gasteiger partial charge is 0.471 e. The van der Waals surface area contributed by atoms with Crippen molar-refractivity contribution in [1.82, 2.24) is 0 Å². The van der Waals surface area contributed by atoms with Crippen LogP contribution in [-0.4, -0.2) is 6.73 Å². The van der Waals surface area contributed by atoms with Gasteiger partial charge in [0.25, 0.3) is 0 Å². The molecule has 0 aromatic heterocycles. The van der Waals surface area contributed by atoms with Gasteiger partial charge in [-0.15, -0.1) is 0 Å². The van der Waals surface area contributed by atoms with Crippen LogP contribution in [-0.2, 0) is 0 Å². The minimum Gasteiger partial charge on any atom is -0.471 e. The third kappa shape index (κ3) is 2.19. The maximum absolute atomic E-state index is 5.32. The fraction of sp³-hybridized carbons (Fsp3) is 0.500. The normalized spacial score (nSPS) is 12.4. The van der Waals surface area contributed by atoms with Gasteiger partial charge in [-0.2, -0.15) is 0 Å². The standard InChI is InChI=1S/C10H13NO.C2H6.H2/c1-7(2)8-3-4-10-9(5-8)11-6-12-10;1-2;/h3-5,7,11H,6H2,1-2H3;1-2H3;1H. The van der Waals surface area contributed by atoms with Crippen molar-refractivity contribution < 1.29 is 6.16 Å². The SMILES string of the molecule is CC.CC(C)c1ccc2c(c1)NCO2.[HH]. The number of anilines is 1. The summed E-state index contributed by atoms with van der Waals surface area (Å²) in [6.07, 6.45) is 0. The third-order valence-electron chi connectivity index (χ3n) is 2.16. The molecule has 0 unspecified atom stereocenters. The van der Waals surface area contributed by atoms with Gasteiger partial charge in [0.2, 0.25) is 0 Å². The van der Waals surface area contributed by atoms with Crippen LogP contribution in [0.2, 0.25) is 0 Å². The van der Waals surface area contributed by atoms with Gasteiger partial charge < -0.3 is 10.1 Å². The van der Waals surface area contributed by atoms with Crippen LogP contribution in [0.4, 0.5) is 5.69 Å². The summed E-state index contributed by atoms with van der Waals surface area (Å²) in [4.78, 5) is 0. The second-order valence-corrected chi connectivity index (χ2v) is 3.38. The van der Waals surface area contributed by atoms with Crippen molar-refractivity contribution in [1.29, 1.82) is 0 Å². The zero-order chi connectivity index (χ0) is 10.6. The van der Waals surface area contributed by atoms with Crippen LogP contribution in [0.25, 0.3) is 0 Å². The van der Waals surface area contributed by atoms with Gasteiger partial charge in [-0.3, -0.25) is 0 Å². The Labute approximate surface area is 87.8 Å². The lowest BCUT2D eigenvalue weighted by atomic mass is 10.0. The van der Waals surface area contributed by atoms with E-state index in [-0.39, 0.29) is 1.43 Å². The van der Waals surface area contributed by atoms with Crippen LogP contribution in [0.5, 0.6) is 5.75 Å². The van der Waals surface area contributed by atoms with Gasteiger partial charge >= 0.3 is 0 Å². The lowest BCUT2D eigenvalue weighted by Gasteiger charge is -2.05. The first-order valence-electron chi connectivity index (χ1n) is 5.28. The fourth-order valence-corrected chi connectivity index (χ4v) is 1.36. The fourth-order valence-electron chi connectivity index (χ4n) is 1.36. The Bertz CT molecular complexity index is 300. The summed E-state index contributed by atoms with van der Waals surface area (Å²) < 4.78 is 5.32. The van der Waals surface area contributed by atoms with Crippen molar-refractivity contribution in [2.75, 3.05) is 12.0 Å². The lowest BCUT2D eigenvalue weighted by molar-refractivity contribution is 0.372. The molecule has 0 spiro atoms. The number of benzene rings is 1. The molecule has 0 atom stereocenters. The second kappa shape index (κ2) is 4.89. The van der Waals surface area contributed by atoms with Crippen molar-refractivity contribution in [3.63, 3.8) is 0 Å². The third-order valence-corrected chi connectivity index (χ3v) is 2.16. The molecule has 0 aliphatic carbocycles. The Morgan fingerprint density at radius 3 is 2.71 bits per heavy atom. The van der Waals surface area contributed by atoms with Crippen LogP contribution >= 0.6 is 0 Å². The highest BCUT2D eigenvalue weighted by Crippen LogP contribution is 2.31. The van der Waals surface area contributed by atoms with Gasteiger partial charge in [0.15, 0.2) is 6.73 Å². The van der Waals surface area contributed by atoms with Gasteiger partial charge in [-0.1, -0.05) is 33.8 Å². The molecule has 1 heterocycles. The number of hydrogen-bond donors (Lipinski definition) is 1. The molecule has 1 aliphatic rings. The highest BCUT2D eigenvalue weighted by atomic mass is 16.5. The molecule has 0 radical (unpaired) electrons. The van der Waals surface area contributed by atoms with Crippen LogP contribution in [0, 0.1) is 0 Å². The second-order valence-electron chi connectivity index (χ2n) is 3.38. The van der Waals surface area contributed by atoms with Gasteiger partial charge in [-0.05, 0) is 23.6 Å². The van der Waals surface area contributed by atoms with Crippen LogP contribution in [0.15, 0.2) is 18.2 Å². The first kappa shape index (κ1) is 10.9. The van der Waals surface area contributed by atoms with E-state index in [4.69, 9.17) is 4.74 Å². The molecule has 2 nitrogen and oxygen atoms in total. The summed E-state index contributed by atoms with van der Waals surface area (Å²) in [5, 5.41) is 3.17. The Balaban J connectivity index is 0.000000617. The Kier molecular flexibility index (Phi) is 3.81. The summed E-state index contributed by atoms with van der Waals surface area (Å²) >= 11 is 0. The molecule has 0 bridgehead atoms. The van der Waals surface area contributed by atoms with Gasteiger partial charge in [0, 0.05) is 1.43 Å². The molecule has 1 aliphatic heterocycles. The van der Waals surface area contributed by atoms with E-state index in [1.807, 2.05) is 19.9 Å². The Hall–Kier alpha value is -1.18. The summed E-state index contributed by atoms with van der Waals surface area (Å²) in [5.41, 5.74) is 2.48. The average molecular weight is 195 g/mol. The van der Waals surface area contributed by atoms with E-state index in [0.717, 1.165) is 11.4 Å². The van der Waals surface area contributed by atoms with Gasteiger partial charge in [0.1, 0.15) is 5.75 Å². The van der Waals surface area contributed by atoms with Crippen LogP contribution in [0.1, 0.15) is 40.6 Å². The van der Waals surface area contributed by atoms with E-state index in [2.05, 4.69) is 31.3 Å². The number of rotatable bonds is 1. The predicted octanol–water partition coefficient (Wildman–Crippen LogP) is 3.84. The average Bonchev–Trinajstić information content (AvgIpc) is 2.67. The smallest absolute Gasteiger partial charge is 0.159 e. The molecule has 0 fully saturated rings. The topological polar surface area (TPSA) is 21.3 Å². The van der Waals surface area contributed by atoms with E-state index >= 15 is 0 Å². The molecular formula is C12H21NO.